The SMILES string of the molecule is COc1ccc([C@@H]2[C@@H](CO)OCCN2Cc2cccc3[nH]ccc23)cc1OC. The number of aliphatic hydroxyl groups excluding tert-OH is 1. The Morgan fingerprint density at radius 3 is 2.79 bits per heavy atom. The van der Waals surface area contributed by atoms with Gasteiger partial charge in [0.2, 0.25) is 0 Å². The minimum atomic E-state index is -0.294. The van der Waals surface area contributed by atoms with E-state index in [1.807, 2.05) is 24.4 Å². The molecule has 28 heavy (non-hydrogen) atoms. The van der Waals surface area contributed by atoms with Gasteiger partial charge in [-0.25, -0.2) is 0 Å². The Morgan fingerprint density at radius 2 is 2.00 bits per heavy atom. The van der Waals surface area contributed by atoms with Gasteiger partial charge in [-0.2, -0.15) is 0 Å². The fourth-order valence-corrected chi connectivity index (χ4v) is 4.09. The van der Waals surface area contributed by atoms with E-state index in [1.165, 1.54) is 10.9 Å². The van der Waals surface area contributed by atoms with E-state index >= 15 is 0 Å². The Labute approximate surface area is 164 Å². The van der Waals surface area contributed by atoms with Crippen LogP contribution in [0.2, 0.25) is 0 Å². The maximum absolute atomic E-state index is 9.96. The molecule has 2 N–H and O–H groups in total. The summed E-state index contributed by atoms with van der Waals surface area (Å²) < 4.78 is 16.8. The summed E-state index contributed by atoms with van der Waals surface area (Å²) in [6, 6.07) is 14.3. The molecule has 0 saturated carbocycles. The Balaban J connectivity index is 1.70. The third-order valence-corrected chi connectivity index (χ3v) is 5.44. The molecule has 1 aliphatic heterocycles. The Kier molecular flexibility index (Phi) is 5.52. The molecule has 0 spiro atoms. The van der Waals surface area contributed by atoms with E-state index in [9.17, 15) is 5.11 Å². The molecule has 6 nitrogen and oxygen atoms in total. The third-order valence-electron chi connectivity index (χ3n) is 5.44. The van der Waals surface area contributed by atoms with Crippen molar-refractivity contribution in [3.05, 3.63) is 59.8 Å². The number of fused-ring (bicyclic) bond motifs is 1. The second-order valence-corrected chi connectivity index (χ2v) is 6.98. The zero-order chi connectivity index (χ0) is 19.5. The summed E-state index contributed by atoms with van der Waals surface area (Å²) in [5.41, 5.74) is 3.42. The average molecular weight is 382 g/mol. The highest BCUT2D eigenvalue weighted by molar-refractivity contribution is 5.82. The van der Waals surface area contributed by atoms with Crippen molar-refractivity contribution in [2.24, 2.45) is 0 Å². The first kappa shape index (κ1) is 18.8. The lowest BCUT2D eigenvalue weighted by Gasteiger charge is -2.41. The Hall–Kier alpha value is -2.54. The highest BCUT2D eigenvalue weighted by atomic mass is 16.5. The highest BCUT2D eigenvalue weighted by Gasteiger charge is 2.34. The molecule has 1 aliphatic rings. The van der Waals surface area contributed by atoms with Crippen LogP contribution in [0.3, 0.4) is 0 Å². The molecule has 2 aromatic carbocycles. The molecule has 1 fully saturated rings. The predicted molar refractivity (Wildman–Crippen MR) is 108 cm³/mol. The molecule has 0 bridgehead atoms. The number of methoxy groups -OCH3 is 2. The van der Waals surface area contributed by atoms with Crippen LogP contribution in [0.25, 0.3) is 10.9 Å². The number of aliphatic hydroxyl groups is 1. The molecule has 0 radical (unpaired) electrons. The second-order valence-electron chi connectivity index (χ2n) is 6.98. The van der Waals surface area contributed by atoms with Crippen LogP contribution in [0.5, 0.6) is 11.5 Å². The molecule has 0 aliphatic carbocycles. The van der Waals surface area contributed by atoms with E-state index in [0.29, 0.717) is 18.1 Å². The van der Waals surface area contributed by atoms with Gasteiger partial charge < -0.3 is 24.3 Å². The highest BCUT2D eigenvalue weighted by Crippen LogP contribution is 2.36. The van der Waals surface area contributed by atoms with Gasteiger partial charge in [0, 0.05) is 30.2 Å². The van der Waals surface area contributed by atoms with Crippen LogP contribution in [0.15, 0.2) is 48.7 Å². The lowest BCUT2D eigenvalue weighted by molar-refractivity contribution is -0.0959. The molecular weight excluding hydrogens is 356 g/mol. The zero-order valence-corrected chi connectivity index (χ0v) is 16.2. The number of nitrogens with zero attached hydrogens (tertiary/aromatic N) is 1. The van der Waals surface area contributed by atoms with Gasteiger partial charge in [0.05, 0.1) is 33.5 Å². The second kappa shape index (κ2) is 8.22. The molecule has 1 aromatic heterocycles. The summed E-state index contributed by atoms with van der Waals surface area (Å²) in [4.78, 5) is 5.64. The monoisotopic (exact) mass is 382 g/mol. The largest absolute Gasteiger partial charge is 0.493 e. The lowest BCUT2D eigenvalue weighted by Crippen LogP contribution is -2.46. The van der Waals surface area contributed by atoms with Crippen molar-refractivity contribution in [2.75, 3.05) is 34.0 Å². The number of aromatic nitrogens is 1. The summed E-state index contributed by atoms with van der Waals surface area (Å²) in [6.45, 7) is 2.12. The molecule has 3 aromatic rings. The molecule has 4 rings (SSSR count). The molecule has 6 heteroatoms. The van der Waals surface area contributed by atoms with E-state index in [4.69, 9.17) is 14.2 Å². The van der Waals surface area contributed by atoms with Crippen LogP contribution >= 0.6 is 0 Å². The fourth-order valence-electron chi connectivity index (χ4n) is 4.09. The van der Waals surface area contributed by atoms with E-state index < -0.39 is 0 Å². The fraction of sp³-hybridized carbons (Fsp3) is 0.364. The van der Waals surface area contributed by atoms with Gasteiger partial charge in [-0.3, -0.25) is 4.90 Å². The van der Waals surface area contributed by atoms with Crippen LogP contribution in [-0.4, -0.2) is 55.1 Å². The maximum atomic E-state index is 9.96. The number of H-pyrrole nitrogens is 1. The van der Waals surface area contributed by atoms with Gasteiger partial charge in [-0.15, -0.1) is 0 Å². The van der Waals surface area contributed by atoms with Crippen molar-refractivity contribution in [3.8, 4) is 11.5 Å². The summed E-state index contributed by atoms with van der Waals surface area (Å²) in [5, 5.41) is 11.2. The van der Waals surface area contributed by atoms with Crippen LogP contribution in [0.1, 0.15) is 17.2 Å². The summed E-state index contributed by atoms with van der Waals surface area (Å²) in [6.07, 6.45) is 1.67. The van der Waals surface area contributed by atoms with Crippen molar-refractivity contribution in [1.29, 1.82) is 0 Å². The van der Waals surface area contributed by atoms with Gasteiger partial charge >= 0.3 is 0 Å². The first-order chi connectivity index (χ1) is 13.7. The zero-order valence-electron chi connectivity index (χ0n) is 16.2. The smallest absolute Gasteiger partial charge is 0.161 e. The van der Waals surface area contributed by atoms with Gasteiger partial charge in [-0.1, -0.05) is 18.2 Å². The van der Waals surface area contributed by atoms with Crippen molar-refractivity contribution < 1.29 is 19.3 Å². The normalized spacial score (nSPS) is 20.4. The standard InChI is InChI=1S/C22H26N2O4/c1-26-19-7-6-15(12-20(19)27-2)22-21(14-25)28-11-10-24(22)13-16-4-3-5-18-17(16)8-9-23-18/h3-9,12,21-23,25H,10-11,13-14H2,1-2H3/t21-,22-/m1/s1. The number of benzene rings is 2. The summed E-state index contributed by atoms with van der Waals surface area (Å²) >= 11 is 0. The molecule has 0 amide bonds. The molecule has 148 valence electrons. The minimum absolute atomic E-state index is 0.0378. The van der Waals surface area contributed by atoms with Crippen LogP contribution < -0.4 is 9.47 Å². The quantitative estimate of drug-likeness (QED) is 0.686. The van der Waals surface area contributed by atoms with E-state index in [0.717, 1.165) is 24.2 Å². The van der Waals surface area contributed by atoms with Crippen molar-refractivity contribution >= 4 is 10.9 Å². The summed E-state index contributed by atoms with van der Waals surface area (Å²) in [5.74, 6) is 1.36. The van der Waals surface area contributed by atoms with Gasteiger partial charge in [0.1, 0.15) is 6.10 Å². The van der Waals surface area contributed by atoms with Crippen molar-refractivity contribution in [3.63, 3.8) is 0 Å². The van der Waals surface area contributed by atoms with E-state index in [1.54, 1.807) is 14.2 Å². The topological polar surface area (TPSA) is 67.0 Å². The number of morpholine rings is 1. The van der Waals surface area contributed by atoms with E-state index in [-0.39, 0.29) is 18.8 Å². The van der Waals surface area contributed by atoms with Gasteiger partial charge in [0.25, 0.3) is 0 Å². The van der Waals surface area contributed by atoms with Gasteiger partial charge in [-0.05, 0) is 35.4 Å². The number of hydrogen-bond donors (Lipinski definition) is 2. The van der Waals surface area contributed by atoms with Crippen LogP contribution in [0, 0.1) is 0 Å². The Morgan fingerprint density at radius 1 is 1.14 bits per heavy atom. The van der Waals surface area contributed by atoms with E-state index in [2.05, 4.69) is 34.1 Å². The van der Waals surface area contributed by atoms with Crippen LogP contribution in [-0.2, 0) is 11.3 Å². The number of ether oxygens (including phenoxy) is 3. The summed E-state index contributed by atoms with van der Waals surface area (Å²) in [7, 11) is 3.26. The lowest BCUT2D eigenvalue weighted by atomic mass is 9.96. The molecule has 2 heterocycles. The first-order valence-corrected chi connectivity index (χ1v) is 9.48. The van der Waals surface area contributed by atoms with Crippen LogP contribution in [0.4, 0.5) is 0 Å². The number of nitrogens with one attached hydrogen (secondary N) is 1. The number of aromatic amines is 1. The van der Waals surface area contributed by atoms with Gasteiger partial charge in [0.15, 0.2) is 11.5 Å². The first-order valence-electron chi connectivity index (χ1n) is 9.48. The number of rotatable bonds is 6. The third kappa shape index (κ3) is 3.46. The number of hydrogen-bond acceptors (Lipinski definition) is 5. The minimum Gasteiger partial charge on any atom is -0.493 e. The molecule has 2 atom stereocenters. The molecule has 1 saturated heterocycles. The Bertz CT molecular complexity index is 939. The van der Waals surface area contributed by atoms with Crippen molar-refractivity contribution in [1.82, 2.24) is 9.88 Å². The predicted octanol–water partition coefficient (Wildman–Crippen LogP) is 3.12. The molecular formula is C22H26N2O4. The maximum Gasteiger partial charge on any atom is 0.161 e. The molecule has 0 unspecified atom stereocenters. The van der Waals surface area contributed by atoms with Crippen molar-refractivity contribution in [2.45, 2.75) is 18.7 Å². The average Bonchev–Trinajstić information content (AvgIpc) is 3.23.